The standard InChI is InChI=1S/C20H27ClN2O/c1-5-8-17-19(15-9-6-7-10-16(15)21)18(20(22)24)14(4)23(17)12-11-13(2)3/h6-7,9-10,13H,5,8,11-12H2,1-4H3,(H2,22,24). The van der Waals surface area contributed by atoms with Gasteiger partial charge < -0.3 is 10.3 Å². The lowest BCUT2D eigenvalue weighted by Gasteiger charge is -2.14. The van der Waals surface area contributed by atoms with Crippen molar-refractivity contribution in [1.29, 1.82) is 0 Å². The van der Waals surface area contributed by atoms with Gasteiger partial charge in [0.05, 0.1) is 5.56 Å². The summed E-state index contributed by atoms with van der Waals surface area (Å²) >= 11 is 6.44. The van der Waals surface area contributed by atoms with Crippen molar-refractivity contribution >= 4 is 17.5 Å². The van der Waals surface area contributed by atoms with Gasteiger partial charge in [-0.05, 0) is 31.7 Å². The first-order chi connectivity index (χ1) is 11.4. The van der Waals surface area contributed by atoms with Crippen LogP contribution in [0, 0.1) is 12.8 Å². The van der Waals surface area contributed by atoms with E-state index >= 15 is 0 Å². The van der Waals surface area contributed by atoms with Crippen LogP contribution >= 0.6 is 11.6 Å². The number of rotatable bonds is 7. The van der Waals surface area contributed by atoms with Gasteiger partial charge in [0.2, 0.25) is 0 Å². The van der Waals surface area contributed by atoms with E-state index in [1.165, 1.54) is 0 Å². The summed E-state index contributed by atoms with van der Waals surface area (Å²) in [5, 5.41) is 0.651. The van der Waals surface area contributed by atoms with Crippen LogP contribution in [-0.2, 0) is 13.0 Å². The molecule has 1 heterocycles. The van der Waals surface area contributed by atoms with Gasteiger partial charge in [-0.1, -0.05) is 57.0 Å². The summed E-state index contributed by atoms with van der Waals surface area (Å²) in [6.45, 7) is 9.45. The van der Waals surface area contributed by atoms with Gasteiger partial charge in [0, 0.05) is 34.1 Å². The maximum atomic E-state index is 12.2. The zero-order chi connectivity index (χ0) is 17.9. The largest absolute Gasteiger partial charge is 0.366 e. The number of halogens is 1. The molecule has 2 N–H and O–H groups in total. The molecule has 1 aromatic carbocycles. The van der Waals surface area contributed by atoms with Gasteiger partial charge in [-0.25, -0.2) is 0 Å². The van der Waals surface area contributed by atoms with E-state index in [1.54, 1.807) is 0 Å². The van der Waals surface area contributed by atoms with E-state index < -0.39 is 0 Å². The minimum Gasteiger partial charge on any atom is -0.366 e. The molecule has 0 saturated carbocycles. The number of primary amides is 1. The summed E-state index contributed by atoms with van der Waals surface area (Å²) in [6.07, 6.45) is 2.96. The lowest BCUT2D eigenvalue weighted by molar-refractivity contribution is 0.1000. The normalized spacial score (nSPS) is 11.2. The minimum absolute atomic E-state index is 0.386. The Morgan fingerprint density at radius 1 is 1.29 bits per heavy atom. The second kappa shape index (κ2) is 7.89. The van der Waals surface area contributed by atoms with E-state index in [-0.39, 0.29) is 5.91 Å². The van der Waals surface area contributed by atoms with Crippen LogP contribution in [0.15, 0.2) is 24.3 Å². The molecule has 130 valence electrons. The summed E-state index contributed by atoms with van der Waals surface area (Å²) < 4.78 is 2.27. The highest BCUT2D eigenvalue weighted by Gasteiger charge is 2.25. The zero-order valence-electron chi connectivity index (χ0n) is 15.0. The summed E-state index contributed by atoms with van der Waals surface area (Å²) in [5.74, 6) is 0.213. The minimum atomic E-state index is -0.386. The fraction of sp³-hybridized carbons (Fsp3) is 0.450. The summed E-state index contributed by atoms with van der Waals surface area (Å²) in [5.41, 5.74) is 10.3. The molecular weight excluding hydrogens is 320 g/mol. The highest BCUT2D eigenvalue weighted by Crippen LogP contribution is 2.37. The molecule has 0 saturated heterocycles. The van der Waals surface area contributed by atoms with E-state index in [0.717, 1.165) is 48.3 Å². The van der Waals surface area contributed by atoms with E-state index in [1.807, 2.05) is 31.2 Å². The van der Waals surface area contributed by atoms with E-state index in [0.29, 0.717) is 16.5 Å². The fourth-order valence-corrected chi connectivity index (χ4v) is 3.47. The Balaban J connectivity index is 2.73. The number of nitrogens with zero attached hydrogens (tertiary/aromatic N) is 1. The van der Waals surface area contributed by atoms with Crippen molar-refractivity contribution in [2.75, 3.05) is 0 Å². The monoisotopic (exact) mass is 346 g/mol. The molecule has 2 rings (SSSR count). The first-order valence-electron chi connectivity index (χ1n) is 8.65. The Morgan fingerprint density at radius 3 is 2.50 bits per heavy atom. The summed E-state index contributed by atoms with van der Waals surface area (Å²) in [6, 6.07) is 7.67. The zero-order valence-corrected chi connectivity index (χ0v) is 15.8. The Kier molecular flexibility index (Phi) is 6.11. The molecule has 0 spiro atoms. The van der Waals surface area contributed by atoms with E-state index in [2.05, 4.69) is 25.3 Å². The molecular formula is C20H27ClN2O. The molecule has 0 unspecified atom stereocenters. The first kappa shape index (κ1) is 18.6. The van der Waals surface area contributed by atoms with Gasteiger partial charge in [0.15, 0.2) is 0 Å². The van der Waals surface area contributed by atoms with Gasteiger partial charge in [0.25, 0.3) is 5.91 Å². The number of hydrogen-bond acceptors (Lipinski definition) is 1. The third-order valence-electron chi connectivity index (χ3n) is 4.44. The molecule has 0 fully saturated rings. The number of aromatic nitrogens is 1. The van der Waals surface area contributed by atoms with Crippen LogP contribution in [0.3, 0.4) is 0 Å². The van der Waals surface area contributed by atoms with Gasteiger partial charge in [-0.3, -0.25) is 4.79 Å². The molecule has 0 aliphatic carbocycles. The van der Waals surface area contributed by atoms with Crippen molar-refractivity contribution in [2.45, 2.75) is 53.5 Å². The fourth-order valence-electron chi connectivity index (χ4n) is 3.24. The number of nitrogens with two attached hydrogens (primary N) is 1. The third kappa shape index (κ3) is 3.67. The van der Waals surface area contributed by atoms with Crippen molar-refractivity contribution < 1.29 is 4.79 Å². The Labute approximate surface area is 149 Å². The molecule has 24 heavy (non-hydrogen) atoms. The highest BCUT2D eigenvalue weighted by molar-refractivity contribution is 6.33. The molecule has 0 bridgehead atoms. The predicted octanol–water partition coefficient (Wildman–Crippen LogP) is 5.21. The second-order valence-corrected chi connectivity index (χ2v) is 7.12. The molecule has 1 aromatic heterocycles. The smallest absolute Gasteiger partial charge is 0.251 e. The molecule has 0 radical (unpaired) electrons. The van der Waals surface area contributed by atoms with E-state index in [4.69, 9.17) is 17.3 Å². The topological polar surface area (TPSA) is 48.0 Å². The van der Waals surface area contributed by atoms with Gasteiger partial charge >= 0.3 is 0 Å². The molecule has 0 aliphatic rings. The average molecular weight is 347 g/mol. The summed E-state index contributed by atoms with van der Waals surface area (Å²) in [4.78, 5) is 12.2. The molecule has 4 heteroatoms. The molecule has 2 aromatic rings. The highest BCUT2D eigenvalue weighted by atomic mass is 35.5. The molecule has 0 aliphatic heterocycles. The first-order valence-corrected chi connectivity index (χ1v) is 9.02. The van der Waals surface area contributed by atoms with Crippen molar-refractivity contribution in [3.8, 4) is 11.1 Å². The number of carbonyl (C=O) groups excluding carboxylic acids is 1. The average Bonchev–Trinajstić information content (AvgIpc) is 2.78. The maximum absolute atomic E-state index is 12.2. The Morgan fingerprint density at radius 2 is 1.96 bits per heavy atom. The Hall–Kier alpha value is -1.74. The SMILES string of the molecule is CCCc1c(-c2ccccc2Cl)c(C(N)=O)c(C)n1CCC(C)C. The van der Waals surface area contributed by atoms with Crippen molar-refractivity contribution in [3.63, 3.8) is 0 Å². The van der Waals surface area contributed by atoms with Gasteiger partial charge in [0.1, 0.15) is 0 Å². The van der Waals surface area contributed by atoms with Crippen LogP contribution in [-0.4, -0.2) is 10.5 Å². The van der Waals surface area contributed by atoms with Gasteiger partial charge in [-0.2, -0.15) is 0 Å². The second-order valence-electron chi connectivity index (χ2n) is 6.71. The number of carbonyl (C=O) groups is 1. The van der Waals surface area contributed by atoms with Crippen LogP contribution in [0.5, 0.6) is 0 Å². The van der Waals surface area contributed by atoms with Crippen LogP contribution in [0.4, 0.5) is 0 Å². The lowest BCUT2D eigenvalue weighted by atomic mass is 9.98. The Bertz CT molecular complexity index is 731. The third-order valence-corrected chi connectivity index (χ3v) is 4.77. The predicted molar refractivity (Wildman–Crippen MR) is 102 cm³/mol. The molecule has 0 atom stereocenters. The van der Waals surface area contributed by atoms with Crippen molar-refractivity contribution in [1.82, 2.24) is 4.57 Å². The van der Waals surface area contributed by atoms with Crippen LogP contribution in [0.25, 0.3) is 11.1 Å². The summed E-state index contributed by atoms with van der Waals surface area (Å²) in [7, 11) is 0. The lowest BCUT2D eigenvalue weighted by Crippen LogP contribution is -2.13. The van der Waals surface area contributed by atoms with Crippen LogP contribution in [0.2, 0.25) is 5.02 Å². The quantitative estimate of drug-likeness (QED) is 0.734. The molecule has 3 nitrogen and oxygen atoms in total. The molecule has 1 amide bonds. The number of hydrogen-bond donors (Lipinski definition) is 1. The number of amides is 1. The van der Waals surface area contributed by atoms with Gasteiger partial charge in [-0.15, -0.1) is 0 Å². The van der Waals surface area contributed by atoms with Crippen LogP contribution in [0.1, 0.15) is 55.4 Å². The maximum Gasteiger partial charge on any atom is 0.251 e. The van der Waals surface area contributed by atoms with Crippen LogP contribution < -0.4 is 5.73 Å². The van der Waals surface area contributed by atoms with Crippen molar-refractivity contribution in [3.05, 3.63) is 46.2 Å². The number of benzene rings is 1. The van der Waals surface area contributed by atoms with Crippen molar-refractivity contribution in [2.24, 2.45) is 11.7 Å². The van der Waals surface area contributed by atoms with E-state index in [9.17, 15) is 4.79 Å².